The summed E-state index contributed by atoms with van der Waals surface area (Å²) in [5.41, 5.74) is 3.75. The number of ether oxygens (including phenoxy) is 1. The van der Waals surface area contributed by atoms with Crippen molar-refractivity contribution in [2.24, 2.45) is 0 Å². The Morgan fingerprint density at radius 1 is 1.06 bits per heavy atom. The number of hydrogen-bond donors (Lipinski definition) is 0. The predicted octanol–water partition coefficient (Wildman–Crippen LogP) is 3.68. The molecular weight excluding hydrogens is 196 g/mol. The molecule has 2 rings (SSSR count). The van der Waals surface area contributed by atoms with Crippen molar-refractivity contribution in [3.05, 3.63) is 65.2 Å². The van der Waals surface area contributed by atoms with E-state index in [1.165, 1.54) is 16.7 Å². The molecule has 0 aliphatic rings. The van der Waals surface area contributed by atoms with E-state index in [0.717, 1.165) is 5.75 Å². The molecule has 81 valence electrons. The lowest BCUT2D eigenvalue weighted by Crippen LogP contribution is -1.96. The van der Waals surface area contributed by atoms with Crippen LogP contribution in [-0.2, 0) is 6.61 Å². The van der Waals surface area contributed by atoms with E-state index < -0.39 is 0 Å². The van der Waals surface area contributed by atoms with E-state index in [-0.39, 0.29) is 0 Å². The second kappa shape index (κ2) is 4.84. The summed E-state index contributed by atoms with van der Waals surface area (Å²) in [5, 5.41) is 0. The quantitative estimate of drug-likeness (QED) is 0.752. The van der Waals surface area contributed by atoms with Crippen LogP contribution in [0.1, 0.15) is 16.7 Å². The Balaban J connectivity index is 2.05. The van der Waals surface area contributed by atoms with Gasteiger partial charge in [0, 0.05) is 6.07 Å². The van der Waals surface area contributed by atoms with E-state index in [1.807, 2.05) is 24.3 Å². The molecule has 0 fully saturated rings. The highest BCUT2D eigenvalue weighted by molar-refractivity contribution is 5.28. The van der Waals surface area contributed by atoms with Crippen LogP contribution in [0.2, 0.25) is 0 Å². The largest absolute Gasteiger partial charge is 0.488 e. The predicted molar refractivity (Wildman–Crippen MR) is 65.5 cm³/mol. The molecule has 0 bridgehead atoms. The second-order valence-corrected chi connectivity index (χ2v) is 4.01. The normalized spacial score (nSPS) is 10.1. The maximum absolute atomic E-state index is 5.65. The van der Waals surface area contributed by atoms with Gasteiger partial charge in [-0.3, -0.25) is 0 Å². The van der Waals surface area contributed by atoms with Crippen molar-refractivity contribution >= 4 is 0 Å². The highest BCUT2D eigenvalue weighted by atomic mass is 16.5. The summed E-state index contributed by atoms with van der Waals surface area (Å²) in [6.07, 6.45) is 0. The van der Waals surface area contributed by atoms with Crippen LogP contribution >= 0.6 is 0 Å². The van der Waals surface area contributed by atoms with Crippen molar-refractivity contribution in [1.29, 1.82) is 0 Å². The topological polar surface area (TPSA) is 9.23 Å². The van der Waals surface area contributed by atoms with Crippen LogP contribution in [0.15, 0.2) is 42.5 Å². The van der Waals surface area contributed by atoms with Gasteiger partial charge in [0.15, 0.2) is 0 Å². The van der Waals surface area contributed by atoms with Crippen molar-refractivity contribution in [3.63, 3.8) is 0 Å². The molecule has 1 heteroatoms. The fraction of sp³-hybridized carbons (Fsp3) is 0.200. The lowest BCUT2D eigenvalue weighted by Gasteiger charge is -2.07. The van der Waals surface area contributed by atoms with E-state index in [4.69, 9.17) is 4.74 Å². The summed E-state index contributed by atoms with van der Waals surface area (Å²) in [6.45, 7) is 4.80. The van der Waals surface area contributed by atoms with E-state index in [0.29, 0.717) is 6.61 Å². The van der Waals surface area contributed by atoms with Crippen LogP contribution in [0.25, 0.3) is 0 Å². The molecule has 0 aliphatic heterocycles. The van der Waals surface area contributed by atoms with Crippen LogP contribution in [0.3, 0.4) is 0 Å². The SMILES string of the molecule is Cc1cc(C)cc(COc2[c]cccc2)c1. The summed E-state index contributed by atoms with van der Waals surface area (Å²) >= 11 is 0. The van der Waals surface area contributed by atoms with Crippen LogP contribution in [0.4, 0.5) is 0 Å². The first kappa shape index (κ1) is 10.7. The summed E-state index contributed by atoms with van der Waals surface area (Å²) in [6, 6.07) is 17.2. The highest BCUT2D eigenvalue weighted by Gasteiger charge is 1.97. The molecule has 1 nitrogen and oxygen atoms in total. The number of para-hydroxylation sites is 1. The summed E-state index contributed by atoms with van der Waals surface area (Å²) in [5.74, 6) is 0.793. The number of benzene rings is 2. The lowest BCUT2D eigenvalue weighted by atomic mass is 10.1. The standard InChI is InChI=1S/C15H15O/c1-12-8-13(2)10-14(9-12)11-16-15-6-4-3-5-7-15/h3-6,8-10H,11H2,1-2H3. The van der Waals surface area contributed by atoms with Gasteiger partial charge in [-0.25, -0.2) is 0 Å². The van der Waals surface area contributed by atoms with Crippen LogP contribution < -0.4 is 4.74 Å². The third-order valence-electron chi connectivity index (χ3n) is 2.36. The second-order valence-electron chi connectivity index (χ2n) is 4.01. The Morgan fingerprint density at radius 2 is 1.81 bits per heavy atom. The molecule has 2 aromatic rings. The zero-order chi connectivity index (χ0) is 11.4. The molecule has 2 aromatic carbocycles. The molecule has 0 saturated heterocycles. The molecule has 0 amide bonds. The van der Waals surface area contributed by atoms with E-state index in [2.05, 4.69) is 38.1 Å². The first-order valence-corrected chi connectivity index (χ1v) is 5.41. The van der Waals surface area contributed by atoms with Crippen LogP contribution in [0.5, 0.6) is 5.75 Å². The smallest absolute Gasteiger partial charge is 0.127 e. The molecule has 0 heterocycles. The minimum atomic E-state index is 0.600. The maximum atomic E-state index is 5.65. The number of rotatable bonds is 3. The van der Waals surface area contributed by atoms with E-state index in [9.17, 15) is 0 Å². The van der Waals surface area contributed by atoms with Gasteiger partial charge in [0.25, 0.3) is 0 Å². The molecule has 0 N–H and O–H groups in total. The third-order valence-corrected chi connectivity index (χ3v) is 2.36. The average Bonchev–Trinajstić information content (AvgIpc) is 2.27. The zero-order valence-corrected chi connectivity index (χ0v) is 9.66. The Morgan fingerprint density at radius 3 is 2.44 bits per heavy atom. The molecule has 0 unspecified atom stereocenters. The fourth-order valence-electron chi connectivity index (χ4n) is 1.78. The van der Waals surface area contributed by atoms with E-state index in [1.54, 1.807) is 0 Å². The Hall–Kier alpha value is -1.76. The molecule has 0 atom stereocenters. The van der Waals surface area contributed by atoms with Gasteiger partial charge < -0.3 is 4.74 Å². The monoisotopic (exact) mass is 211 g/mol. The van der Waals surface area contributed by atoms with Gasteiger partial charge in [-0.05, 0) is 25.5 Å². The molecule has 0 aromatic heterocycles. The fourth-order valence-corrected chi connectivity index (χ4v) is 1.78. The number of hydrogen-bond acceptors (Lipinski definition) is 1. The maximum Gasteiger partial charge on any atom is 0.127 e. The van der Waals surface area contributed by atoms with E-state index >= 15 is 0 Å². The average molecular weight is 211 g/mol. The van der Waals surface area contributed by atoms with Crippen molar-refractivity contribution in [1.82, 2.24) is 0 Å². The Kier molecular flexibility index (Phi) is 3.25. The minimum Gasteiger partial charge on any atom is -0.488 e. The summed E-state index contributed by atoms with van der Waals surface area (Å²) in [7, 11) is 0. The molecule has 0 aliphatic carbocycles. The van der Waals surface area contributed by atoms with Crippen LogP contribution in [0, 0.1) is 19.9 Å². The van der Waals surface area contributed by atoms with Gasteiger partial charge in [-0.15, -0.1) is 0 Å². The van der Waals surface area contributed by atoms with Gasteiger partial charge in [-0.2, -0.15) is 0 Å². The van der Waals surface area contributed by atoms with Crippen LogP contribution in [-0.4, -0.2) is 0 Å². The third kappa shape index (κ3) is 2.86. The van der Waals surface area contributed by atoms with Gasteiger partial charge in [0.1, 0.15) is 12.4 Å². The summed E-state index contributed by atoms with van der Waals surface area (Å²) < 4.78 is 5.65. The molecule has 1 radical (unpaired) electrons. The Labute approximate surface area is 96.7 Å². The van der Waals surface area contributed by atoms with Gasteiger partial charge in [0.05, 0.1) is 0 Å². The first-order valence-electron chi connectivity index (χ1n) is 5.41. The molecular formula is C15H15O. The molecule has 0 saturated carbocycles. The van der Waals surface area contributed by atoms with Crippen molar-refractivity contribution in [2.75, 3.05) is 0 Å². The first-order chi connectivity index (χ1) is 7.74. The van der Waals surface area contributed by atoms with Crippen molar-refractivity contribution in [2.45, 2.75) is 20.5 Å². The van der Waals surface area contributed by atoms with Crippen molar-refractivity contribution in [3.8, 4) is 5.75 Å². The van der Waals surface area contributed by atoms with Gasteiger partial charge in [-0.1, -0.05) is 47.5 Å². The molecule has 0 spiro atoms. The lowest BCUT2D eigenvalue weighted by molar-refractivity contribution is 0.305. The van der Waals surface area contributed by atoms with Crippen molar-refractivity contribution < 1.29 is 4.74 Å². The van der Waals surface area contributed by atoms with Gasteiger partial charge in [0.2, 0.25) is 0 Å². The minimum absolute atomic E-state index is 0.600. The van der Waals surface area contributed by atoms with Gasteiger partial charge >= 0.3 is 0 Å². The zero-order valence-electron chi connectivity index (χ0n) is 9.66. The number of aryl methyl sites for hydroxylation is 2. The Bertz CT molecular complexity index is 440. The molecule has 16 heavy (non-hydrogen) atoms. The summed E-state index contributed by atoms with van der Waals surface area (Å²) in [4.78, 5) is 0. The highest BCUT2D eigenvalue weighted by Crippen LogP contribution is 2.13.